The number of hydrogen-bond donors (Lipinski definition) is 5. The molecule has 3 amide bonds. The Balaban J connectivity index is 1.94. The molecule has 0 aliphatic rings. The van der Waals surface area contributed by atoms with Crippen molar-refractivity contribution in [3.05, 3.63) is 52.9 Å². The summed E-state index contributed by atoms with van der Waals surface area (Å²) in [5.41, 5.74) is 14.3. The Morgan fingerprint density at radius 1 is 1.10 bits per heavy atom. The monoisotopic (exact) mass is 653 g/mol. The minimum Gasteiger partial charge on any atom is -0.463 e. The van der Waals surface area contributed by atoms with Crippen LogP contribution in [0.3, 0.4) is 0 Å². The molecule has 1 aromatic heterocycles. The maximum absolute atomic E-state index is 13.7. The molecule has 0 radical (unpaired) electrons. The number of carbonyl (C=O) groups is 2. The summed E-state index contributed by atoms with van der Waals surface area (Å²) < 4.78 is 50.5. The lowest BCUT2D eigenvalue weighted by Crippen LogP contribution is -2.30. The van der Waals surface area contributed by atoms with E-state index in [-0.39, 0.29) is 32.8 Å². The summed E-state index contributed by atoms with van der Waals surface area (Å²) in [5.74, 6) is -0.275. The van der Waals surface area contributed by atoms with E-state index in [2.05, 4.69) is 15.6 Å². The zero-order valence-electron chi connectivity index (χ0n) is 23.0. The molecule has 3 rings (SSSR count). The molecule has 1 heterocycles. The molecule has 0 saturated heterocycles. The fourth-order valence-electron chi connectivity index (χ4n) is 4.07. The average Bonchev–Trinajstić information content (AvgIpc) is 3.33. The maximum atomic E-state index is 13.7. The predicted molar refractivity (Wildman–Crippen MR) is 167 cm³/mol. The van der Waals surface area contributed by atoms with Crippen LogP contribution in [0.1, 0.15) is 23.3 Å². The van der Waals surface area contributed by atoms with Crippen LogP contribution < -0.4 is 22.1 Å². The number of nitrogen functional groups attached to an aromatic ring is 1. The van der Waals surface area contributed by atoms with Gasteiger partial charge in [-0.15, -0.1) is 23.1 Å². The van der Waals surface area contributed by atoms with Crippen LogP contribution in [-0.2, 0) is 19.7 Å². The normalized spacial score (nSPS) is 12.2. The van der Waals surface area contributed by atoms with E-state index in [1.807, 2.05) is 0 Å². The van der Waals surface area contributed by atoms with Crippen molar-refractivity contribution in [3.63, 3.8) is 0 Å². The molecular weight excluding hydrogens is 623 g/mol. The Bertz CT molecular complexity index is 1750. The highest BCUT2D eigenvalue weighted by atomic mass is 32.2. The van der Waals surface area contributed by atoms with E-state index in [0.717, 1.165) is 17.6 Å². The predicted octanol–water partition coefficient (Wildman–Crippen LogP) is 4.19. The molecule has 16 heteroatoms. The summed E-state index contributed by atoms with van der Waals surface area (Å²) in [7, 11) is -7.15. The Morgan fingerprint density at radius 3 is 2.45 bits per heavy atom. The quantitative estimate of drug-likeness (QED) is 0.0654. The van der Waals surface area contributed by atoms with Gasteiger partial charge in [0.2, 0.25) is 9.84 Å². The van der Waals surface area contributed by atoms with Crippen LogP contribution in [-0.4, -0.2) is 64.7 Å². The molecule has 0 bridgehead atoms. The second-order valence-electron chi connectivity index (χ2n) is 9.26. The number of sulfone groups is 2. The first-order chi connectivity index (χ1) is 19.6. The largest absolute Gasteiger partial charge is 0.463 e. The Kier molecular flexibility index (Phi) is 10.6. The maximum Gasteiger partial charge on any atom is 0.433 e. The number of aryl methyl sites for hydroxylation is 1. The first-order valence-corrected chi connectivity index (χ1v) is 17.9. The second kappa shape index (κ2) is 13.6. The van der Waals surface area contributed by atoms with Gasteiger partial charge in [0, 0.05) is 29.8 Å². The van der Waals surface area contributed by atoms with Gasteiger partial charge in [-0.05, 0) is 67.5 Å². The average molecular weight is 654 g/mol. The number of thiophene rings is 1. The second-order valence-corrected chi connectivity index (χ2v) is 15.6. The number of unbranched alkanes of at least 4 members (excludes halogenated alkanes) is 1. The summed E-state index contributed by atoms with van der Waals surface area (Å²) in [4.78, 5) is 27.0. The fraction of sp³-hybridized carbons (Fsp3) is 0.269. The standard InChI is InChI=1S/C26H31N5O7S4/c1-15-11-17(27)13-19(30-25(32)29-9-4-5-10-41(3,35)36)22(15)16-7-6-8-18(12-16)42(37,38)21-14-20(40-24(21)39-2)23(28)31-26(33)34/h6-8,11-14H,4-5,9-10,27H2,1-3H3,(H2,28,31)(H,33,34)(H2,29,30,32). The van der Waals surface area contributed by atoms with Gasteiger partial charge in [0.05, 0.1) is 24.6 Å². The highest BCUT2D eigenvalue weighted by molar-refractivity contribution is 8.01. The SMILES string of the molecule is CSc1sc(/C(N)=N\C(=O)O)cc1S(=O)(=O)c1cccc(-c2c(C)cc(N)cc2NC(=O)NCCCCS(C)(=O)=O)c1. The van der Waals surface area contributed by atoms with Crippen molar-refractivity contribution in [1.82, 2.24) is 5.32 Å². The number of nitrogens with two attached hydrogens (primary N) is 2. The van der Waals surface area contributed by atoms with Crippen LogP contribution in [0, 0.1) is 6.92 Å². The molecule has 0 atom stereocenters. The van der Waals surface area contributed by atoms with Gasteiger partial charge in [-0.2, -0.15) is 4.99 Å². The summed E-state index contributed by atoms with van der Waals surface area (Å²) in [6.07, 6.45) is 2.24. The van der Waals surface area contributed by atoms with E-state index >= 15 is 0 Å². The Labute approximate surface area is 252 Å². The van der Waals surface area contributed by atoms with Gasteiger partial charge in [-0.1, -0.05) is 12.1 Å². The van der Waals surface area contributed by atoms with Gasteiger partial charge in [0.1, 0.15) is 15.7 Å². The molecule has 12 nitrogen and oxygen atoms in total. The molecule has 42 heavy (non-hydrogen) atoms. The van der Waals surface area contributed by atoms with Gasteiger partial charge < -0.3 is 27.2 Å². The Morgan fingerprint density at radius 2 is 1.81 bits per heavy atom. The summed E-state index contributed by atoms with van der Waals surface area (Å²) >= 11 is 2.20. The summed E-state index contributed by atoms with van der Waals surface area (Å²) in [6, 6.07) is 10.3. The highest BCUT2D eigenvalue weighted by Gasteiger charge is 2.26. The van der Waals surface area contributed by atoms with E-state index < -0.39 is 31.8 Å². The number of amidine groups is 1. The minimum absolute atomic E-state index is 0.0223. The number of nitrogens with one attached hydrogen (secondary N) is 2. The number of benzene rings is 2. The Hall–Kier alpha value is -3.60. The zero-order valence-corrected chi connectivity index (χ0v) is 26.3. The third-order valence-electron chi connectivity index (χ3n) is 5.88. The molecule has 0 spiro atoms. The number of nitrogens with zero attached hydrogens (tertiary/aromatic N) is 1. The van der Waals surface area contributed by atoms with Crippen LogP contribution in [0.25, 0.3) is 11.1 Å². The van der Waals surface area contributed by atoms with Crippen LogP contribution in [0.15, 0.2) is 61.5 Å². The van der Waals surface area contributed by atoms with Crippen LogP contribution in [0.5, 0.6) is 0 Å². The topological polar surface area (TPSA) is 211 Å². The van der Waals surface area contributed by atoms with Crippen molar-refractivity contribution in [3.8, 4) is 11.1 Å². The first-order valence-electron chi connectivity index (χ1n) is 12.4. The molecule has 3 aromatic rings. The van der Waals surface area contributed by atoms with Gasteiger partial charge in [-0.3, -0.25) is 0 Å². The molecule has 0 aliphatic carbocycles. The van der Waals surface area contributed by atoms with Gasteiger partial charge >= 0.3 is 12.1 Å². The smallest absolute Gasteiger partial charge is 0.433 e. The first kappa shape index (κ1) is 32.9. The molecule has 226 valence electrons. The van der Waals surface area contributed by atoms with Crippen LogP contribution in [0.4, 0.5) is 21.0 Å². The van der Waals surface area contributed by atoms with E-state index in [1.54, 1.807) is 37.4 Å². The number of rotatable bonds is 11. The number of amides is 3. The zero-order chi connectivity index (χ0) is 31.2. The van der Waals surface area contributed by atoms with Gasteiger partial charge in [0.15, 0.2) is 0 Å². The van der Waals surface area contributed by atoms with Crippen molar-refractivity contribution in [2.24, 2.45) is 10.7 Å². The number of hydrogen-bond acceptors (Lipinski definition) is 9. The number of aliphatic imine (C=N–C) groups is 1. The molecule has 2 aromatic carbocycles. The van der Waals surface area contributed by atoms with Crippen molar-refractivity contribution in [2.75, 3.05) is 35.9 Å². The molecule has 0 unspecified atom stereocenters. The molecule has 0 fully saturated rings. The van der Waals surface area contributed by atoms with E-state index in [1.165, 1.54) is 30.0 Å². The number of urea groups is 1. The van der Waals surface area contributed by atoms with E-state index in [0.29, 0.717) is 45.1 Å². The van der Waals surface area contributed by atoms with Crippen molar-refractivity contribution >= 4 is 72.1 Å². The molecule has 7 N–H and O–H groups in total. The number of carbonyl (C=O) groups excluding carboxylic acids is 1. The van der Waals surface area contributed by atoms with E-state index in [4.69, 9.17) is 16.6 Å². The molecule has 0 aliphatic heterocycles. The lowest BCUT2D eigenvalue weighted by molar-refractivity contribution is 0.205. The van der Waals surface area contributed by atoms with Crippen LogP contribution in [0.2, 0.25) is 0 Å². The summed E-state index contributed by atoms with van der Waals surface area (Å²) in [5, 5.41) is 14.4. The van der Waals surface area contributed by atoms with Crippen LogP contribution >= 0.6 is 23.1 Å². The number of anilines is 2. The van der Waals surface area contributed by atoms with Crippen molar-refractivity contribution in [2.45, 2.75) is 33.8 Å². The van der Waals surface area contributed by atoms with E-state index in [9.17, 15) is 26.4 Å². The van der Waals surface area contributed by atoms with Crippen molar-refractivity contribution < 1.29 is 31.5 Å². The summed E-state index contributed by atoms with van der Waals surface area (Å²) in [6.45, 7) is 2.04. The fourth-order valence-corrected chi connectivity index (χ4v) is 8.74. The van der Waals surface area contributed by atoms with Crippen molar-refractivity contribution in [1.29, 1.82) is 0 Å². The minimum atomic E-state index is -4.07. The number of thioether (sulfide) groups is 1. The lowest BCUT2D eigenvalue weighted by atomic mass is 9.97. The molecule has 0 saturated carbocycles. The van der Waals surface area contributed by atoms with Gasteiger partial charge in [0.25, 0.3) is 0 Å². The lowest BCUT2D eigenvalue weighted by Gasteiger charge is -2.17. The van der Waals surface area contributed by atoms with Gasteiger partial charge in [-0.25, -0.2) is 26.4 Å². The third kappa shape index (κ3) is 8.47. The highest BCUT2D eigenvalue weighted by Crippen LogP contribution is 2.39. The molecular formula is C26H31N5O7S4. The third-order valence-corrected chi connectivity index (χ3v) is 11.2. The number of carboxylic acid groups (broad SMARTS) is 1.